The van der Waals surface area contributed by atoms with Crippen molar-refractivity contribution in [1.82, 2.24) is 0 Å². The number of fused-ring (bicyclic) bond motifs is 1. The van der Waals surface area contributed by atoms with Gasteiger partial charge < -0.3 is 10.1 Å². The van der Waals surface area contributed by atoms with Gasteiger partial charge in [-0.3, -0.25) is 4.79 Å². The number of carbonyl (C=O) groups is 1. The van der Waals surface area contributed by atoms with E-state index in [0.29, 0.717) is 13.0 Å². The average Bonchev–Trinajstić information content (AvgIpc) is 2.57. The zero-order valence-electron chi connectivity index (χ0n) is 13.1. The van der Waals surface area contributed by atoms with Gasteiger partial charge in [0.05, 0.1) is 13.0 Å². The van der Waals surface area contributed by atoms with E-state index in [0.717, 1.165) is 27.8 Å². The van der Waals surface area contributed by atoms with Crippen LogP contribution in [-0.2, 0) is 11.2 Å². The third-order valence-electron chi connectivity index (χ3n) is 3.68. The summed E-state index contributed by atoms with van der Waals surface area (Å²) in [7, 11) is 0. The SMILES string of the molecule is CCOc1ccc(NC(=O)Cc2cccc3ccccc23)cc1. The second kappa shape index (κ2) is 6.97. The molecule has 0 atom stereocenters. The minimum Gasteiger partial charge on any atom is -0.494 e. The van der Waals surface area contributed by atoms with Gasteiger partial charge in [-0.1, -0.05) is 42.5 Å². The first-order valence-corrected chi connectivity index (χ1v) is 7.75. The Bertz CT molecular complexity index is 804. The molecule has 3 rings (SSSR count). The number of anilines is 1. The summed E-state index contributed by atoms with van der Waals surface area (Å²) in [5.74, 6) is 0.782. The molecular weight excluding hydrogens is 286 g/mol. The minimum atomic E-state index is -0.0227. The van der Waals surface area contributed by atoms with E-state index in [2.05, 4.69) is 23.5 Å². The summed E-state index contributed by atoms with van der Waals surface area (Å²) in [5.41, 5.74) is 1.81. The molecule has 0 aliphatic rings. The maximum atomic E-state index is 12.3. The first-order valence-electron chi connectivity index (χ1n) is 7.75. The van der Waals surface area contributed by atoms with Crippen molar-refractivity contribution in [2.75, 3.05) is 11.9 Å². The summed E-state index contributed by atoms with van der Waals surface area (Å²) in [6.07, 6.45) is 0.356. The van der Waals surface area contributed by atoms with Crippen LogP contribution in [0, 0.1) is 0 Å². The monoisotopic (exact) mass is 305 g/mol. The Hall–Kier alpha value is -2.81. The quantitative estimate of drug-likeness (QED) is 0.758. The molecule has 3 aromatic rings. The summed E-state index contributed by atoms with van der Waals surface area (Å²) < 4.78 is 5.40. The van der Waals surface area contributed by atoms with E-state index in [1.54, 1.807) is 0 Å². The Morgan fingerprint density at radius 3 is 2.48 bits per heavy atom. The molecule has 116 valence electrons. The number of nitrogens with one attached hydrogen (secondary N) is 1. The summed E-state index contributed by atoms with van der Waals surface area (Å²) in [5, 5.41) is 5.20. The number of carbonyl (C=O) groups excluding carboxylic acids is 1. The molecule has 0 aliphatic carbocycles. The van der Waals surface area contributed by atoms with Crippen molar-refractivity contribution in [2.24, 2.45) is 0 Å². The van der Waals surface area contributed by atoms with E-state index >= 15 is 0 Å². The smallest absolute Gasteiger partial charge is 0.228 e. The maximum absolute atomic E-state index is 12.3. The fourth-order valence-corrected chi connectivity index (χ4v) is 2.63. The van der Waals surface area contributed by atoms with Gasteiger partial charge in [-0.25, -0.2) is 0 Å². The molecule has 23 heavy (non-hydrogen) atoms. The molecule has 0 heterocycles. The first-order chi connectivity index (χ1) is 11.3. The lowest BCUT2D eigenvalue weighted by Crippen LogP contribution is -2.14. The molecular formula is C20H19NO2. The van der Waals surface area contributed by atoms with E-state index in [1.807, 2.05) is 55.5 Å². The third kappa shape index (κ3) is 3.69. The number of hydrogen-bond acceptors (Lipinski definition) is 2. The molecule has 0 saturated heterocycles. The molecule has 0 aliphatic heterocycles. The van der Waals surface area contributed by atoms with Crippen molar-refractivity contribution in [3.05, 3.63) is 72.3 Å². The largest absolute Gasteiger partial charge is 0.494 e. The van der Waals surface area contributed by atoms with Gasteiger partial charge in [0.1, 0.15) is 5.75 Å². The molecule has 0 radical (unpaired) electrons. The van der Waals surface area contributed by atoms with Gasteiger partial charge in [0.15, 0.2) is 0 Å². The average molecular weight is 305 g/mol. The fraction of sp³-hybridized carbons (Fsp3) is 0.150. The van der Waals surface area contributed by atoms with Gasteiger partial charge in [-0.05, 0) is 47.5 Å². The van der Waals surface area contributed by atoms with Crippen molar-refractivity contribution in [3.8, 4) is 5.75 Å². The molecule has 1 N–H and O–H groups in total. The molecule has 0 unspecified atom stereocenters. The van der Waals surface area contributed by atoms with Gasteiger partial charge in [0.25, 0.3) is 0 Å². The summed E-state index contributed by atoms with van der Waals surface area (Å²) in [6, 6.07) is 21.6. The lowest BCUT2D eigenvalue weighted by molar-refractivity contribution is -0.115. The third-order valence-corrected chi connectivity index (χ3v) is 3.68. The van der Waals surface area contributed by atoms with E-state index in [1.165, 1.54) is 0 Å². The van der Waals surface area contributed by atoms with Crippen LogP contribution in [0.5, 0.6) is 5.75 Å². The van der Waals surface area contributed by atoms with Crippen LogP contribution >= 0.6 is 0 Å². The molecule has 0 spiro atoms. The Labute approximate surface area is 135 Å². The van der Waals surface area contributed by atoms with Crippen LogP contribution in [0.1, 0.15) is 12.5 Å². The van der Waals surface area contributed by atoms with Crippen LogP contribution in [-0.4, -0.2) is 12.5 Å². The van der Waals surface area contributed by atoms with E-state index in [-0.39, 0.29) is 5.91 Å². The Balaban J connectivity index is 1.71. The highest BCUT2D eigenvalue weighted by molar-refractivity contribution is 5.96. The Kier molecular flexibility index (Phi) is 4.57. The van der Waals surface area contributed by atoms with Gasteiger partial charge in [-0.15, -0.1) is 0 Å². The van der Waals surface area contributed by atoms with Gasteiger partial charge in [0, 0.05) is 5.69 Å². The van der Waals surface area contributed by atoms with Crippen molar-refractivity contribution in [1.29, 1.82) is 0 Å². The number of rotatable bonds is 5. The number of ether oxygens (including phenoxy) is 1. The molecule has 0 aromatic heterocycles. The lowest BCUT2D eigenvalue weighted by atomic mass is 10.0. The fourth-order valence-electron chi connectivity index (χ4n) is 2.63. The highest BCUT2D eigenvalue weighted by Crippen LogP contribution is 2.20. The van der Waals surface area contributed by atoms with Gasteiger partial charge >= 0.3 is 0 Å². The van der Waals surface area contributed by atoms with Gasteiger partial charge in [0.2, 0.25) is 5.91 Å². The van der Waals surface area contributed by atoms with Crippen molar-refractivity contribution in [3.63, 3.8) is 0 Å². The van der Waals surface area contributed by atoms with Crippen LogP contribution in [0.4, 0.5) is 5.69 Å². The van der Waals surface area contributed by atoms with Crippen LogP contribution in [0.25, 0.3) is 10.8 Å². The first kappa shape index (κ1) is 15.1. The Morgan fingerprint density at radius 2 is 1.70 bits per heavy atom. The van der Waals surface area contributed by atoms with Crippen LogP contribution in [0.3, 0.4) is 0 Å². The van der Waals surface area contributed by atoms with Crippen molar-refractivity contribution < 1.29 is 9.53 Å². The summed E-state index contributed by atoms with van der Waals surface area (Å²) in [6.45, 7) is 2.58. The molecule has 3 heteroatoms. The number of benzene rings is 3. The summed E-state index contributed by atoms with van der Waals surface area (Å²) >= 11 is 0. The molecule has 0 saturated carbocycles. The second-order valence-electron chi connectivity index (χ2n) is 5.32. The second-order valence-corrected chi connectivity index (χ2v) is 5.32. The normalized spacial score (nSPS) is 10.5. The van der Waals surface area contributed by atoms with E-state index in [4.69, 9.17) is 4.74 Å². The predicted octanol–water partition coefficient (Wildman–Crippen LogP) is 4.42. The molecule has 1 amide bonds. The molecule has 0 bridgehead atoms. The van der Waals surface area contributed by atoms with Crippen LogP contribution in [0.2, 0.25) is 0 Å². The minimum absolute atomic E-state index is 0.0227. The van der Waals surface area contributed by atoms with Crippen LogP contribution < -0.4 is 10.1 Å². The standard InChI is InChI=1S/C20H19NO2/c1-2-23-18-12-10-17(11-13-18)21-20(22)14-16-8-5-7-15-6-3-4-9-19(15)16/h3-13H,2,14H2,1H3,(H,21,22). The lowest BCUT2D eigenvalue weighted by Gasteiger charge is -2.09. The zero-order valence-corrected chi connectivity index (χ0v) is 13.1. The van der Waals surface area contributed by atoms with Gasteiger partial charge in [-0.2, -0.15) is 0 Å². The zero-order chi connectivity index (χ0) is 16.1. The highest BCUT2D eigenvalue weighted by atomic mass is 16.5. The van der Waals surface area contributed by atoms with Crippen molar-refractivity contribution >= 4 is 22.4 Å². The van der Waals surface area contributed by atoms with E-state index < -0.39 is 0 Å². The molecule has 3 aromatic carbocycles. The van der Waals surface area contributed by atoms with Crippen molar-refractivity contribution in [2.45, 2.75) is 13.3 Å². The molecule has 3 nitrogen and oxygen atoms in total. The topological polar surface area (TPSA) is 38.3 Å². The molecule has 0 fully saturated rings. The highest BCUT2D eigenvalue weighted by Gasteiger charge is 2.07. The number of hydrogen-bond donors (Lipinski definition) is 1. The van der Waals surface area contributed by atoms with Crippen LogP contribution in [0.15, 0.2) is 66.7 Å². The number of amides is 1. The predicted molar refractivity (Wildman–Crippen MR) is 93.9 cm³/mol. The summed E-state index contributed by atoms with van der Waals surface area (Å²) in [4.78, 5) is 12.3. The Morgan fingerprint density at radius 1 is 0.957 bits per heavy atom. The maximum Gasteiger partial charge on any atom is 0.228 e. The van der Waals surface area contributed by atoms with E-state index in [9.17, 15) is 4.79 Å².